The number of hydrogen-bond donors (Lipinski definition) is 1. The highest BCUT2D eigenvalue weighted by molar-refractivity contribution is 9.10. The van der Waals surface area contributed by atoms with E-state index in [-0.39, 0.29) is 23.5 Å². The van der Waals surface area contributed by atoms with E-state index in [9.17, 15) is 4.79 Å². The van der Waals surface area contributed by atoms with Gasteiger partial charge in [-0.3, -0.25) is 9.20 Å². The topological polar surface area (TPSA) is 71.8 Å². The smallest absolute Gasteiger partial charge is 0.225 e. The van der Waals surface area contributed by atoms with Gasteiger partial charge < -0.3 is 15.0 Å². The minimum absolute atomic E-state index is 0.0136. The molecule has 2 aliphatic rings. The van der Waals surface area contributed by atoms with Crippen molar-refractivity contribution in [2.75, 3.05) is 24.6 Å². The Bertz CT molecular complexity index is 882. The van der Waals surface area contributed by atoms with E-state index >= 15 is 0 Å². The van der Waals surface area contributed by atoms with Gasteiger partial charge in [0.15, 0.2) is 5.65 Å². The summed E-state index contributed by atoms with van der Waals surface area (Å²) in [7, 11) is 0. The van der Waals surface area contributed by atoms with E-state index in [0.717, 1.165) is 42.0 Å². The minimum Gasteiger partial charge on any atom is -0.376 e. The molecule has 28 heavy (non-hydrogen) atoms. The fourth-order valence-electron chi connectivity index (χ4n) is 4.33. The summed E-state index contributed by atoms with van der Waals surface area (Å²) in [5, 5.41) is 3.30. The van der Waals surface area contributed by atoms with Gasteiger partial charge in [-0.2, -0.15) is 0 Å². The van der Waals surface area contributed by atoms with E-state index in [2.05, 4.69) is 43.0 Å². The van der Waals surface area contributed by atoms with E-state index in [1.807, 2.05) is 37.6 Å². The summed E-state index contributed by atoms with van der Waals surface area (Å²) in [6.07, 6.45) is 7.50. The summed E-state index contributed by atoms with van der Waals surface area (Å²) in [6, 6.07) is 0.0486. The third kappa shape index (κ3) is 3.30. The lowest BCUT2D eigenvalue weighted by molar-refractivity contribution is -0.130. The number of nitrogens with one attached hydrogen (secondary N) is 1. The SMILES string of the molecule is C[C@@H]1OCC2(CCN(c3ncc(Br)c4nccn34)CC2)[C@@H]1NC(=O)C(C)(C)C. The number of hydrogen-bond acceptors (Lipinski definition) is 5. The Morgan fingerprint density at radius 2 is 2.04 bits per heavy atom. The molecule has 152 valence electrons. The first-order valence-corrected chi connectivity index (χ1v) is 10.7. The fraction of sp³-hybridized carbons (Fsp3) is 0.650. The van der Waals surface area contributed by atoms with Crippen molar-refractivity contribution < 1.29 is 9.53 Å². The third-order valence-corrected chi connectivity index (χ3v) is 6.70. The predicted molar refractivity (Wildman–Crippen MR) is 111 cm³/mol. The Labute approximate surface area is 174 Å². The molecule has 0 aromatic carbocycles. The summed E-state index contributed by atoms with van der Waals surface area (Å²) in [5.74, 6) is 0.999. The standard InChI is InChI=1S/C20H28BrN5O2/c1-13-15(24-17(27)19(2,3)4)20(12-28-13)5-8-25(9-6-20)18-23-11-14(21)16-22-7-10-26(16)18/h7,10-11,13,15H,5-6,8-9,12H2,1-4H3,(H,24,27)/t13-,15+/m0/s1. The van der Waals surface area contributed by atoms with Crippen molar-refractivity contribution in [3.63, 3.8) is 0 Å². The quantitative estimate of drug-likeness (QED) is 0.762. The molecule has 2 aromatic rings. The number of ether oxygens (including phenoxy) is 1. The lowest BCUT2D eigenvalue weighted by Crippen LogP contribution is -2.56. The van der Waals surface area contributed by atoms with Crippen LogP contribution >= 0.6 is 15.9 Å². The van der Waals surface area contributed by atoms with E-state index < -0.39 is 5.41 Å². The first-order chi connectivity index (χ1) is 13.2. The molecule has 1 amide bonds. The van der Waals surface area contributed by atoms with Crippen LogP contribution in [0.2, 0.25) is 0 Å². The molecule has 0 aliphatic carbocycles. The molecule has 4 rings (SSSR count). The van der Waals surface area contributed by atoms with Crippen LogP contribution in [0, 0.1) is 10.8 Å². The normalized spacial score (nSPS) is 24.8. The molecule has 0 radical (unpaired) electrons. The zero-order valence-corrected chi connectivity index (χ0v) is 18.5. The number of halogens is 1. The Hall–Kier alpha value is -1.67. The van der Waals surface area contributed by atoms with Crippen molar-refractivity contribution in [3.8, 4) is 0 Å². The molecular weight excluding hydrogens is 422 g/mol. The Balaban J connectivity index is 1.53. The summed E-state index contributed by atoms with van der Waals surface area (Å²) < 4.78 is 8.93. The zero-order chi connectivity index (χ0) is 20.1. The second-order valence-corrected chi connectivity index (χ2v) is 9.95. The van der Waals surface area contributed by atoms with Gasteiger partial charge in [0.25, 0.3) is 0 Å². The lowest BCUT2D eigenvalue weighted by Gasteiger charge is -2.43. The van der Waals surface area contributed by atoms with Crippen LogP contribution in [0.25, 0.3) is 5.65 Å². The van der Waals surface area contributed by atoms with E-state index in [1.54, 1.807) is 6.20 Å². The van der Waals surface area contributed by atoms with Gasteiger partial charge in [-0.1, -0.05) is 20.8 Å². The largest absolute Gasteiger partial charge is 0.376 e. The first-order valence-electron chi connectivity index (χ1n) is 9.86. The van der Waals surface area contributed by atoms with Gasteiger partial charge >= 0.3 is 0 Å². The summed E-state index contributed by atoms with van der Waals surface area (Å²) in [6.45, 7) is 10.4. The average molecular weight is 450 g/mol. The van der Waals surface area contributed by atoms with Crippen molar-refractivity contribution in [1.29, 1.82) is 0 Å². The zero-order valence-electron chi connectivity index (χ0n) is 16.9. The van der Waals surface area contributed by atoms with E-state index in [1.165, 1.54) is 0 Å². The third-order valence-electron chi connectivity index (χ3n) is 6.14. The Kier molecular flexibility index (Phi) is 4.90. The van der Waals surface area contributed by atoms with Crippen molar-refractivity contribution >= 4 is 33.4 Å². The molecule has 0 saturated carbocycles. The lowest BCUT2D eigenvalue weighted by atomic mass is 9.72. The highest BCUT2D eigenvalue weighted by atomic mass is 79.9. The number of imidazole rings is 1. The summed E-state index contributed by atoms with van der Waals surface area (Å²) in [5.41, 5.74) is 0.456. The predicted octanol–water partition coefficient (Wildman–Crippen LogP) is 3.03. The number of rotatable bonds is 2. The number of anilines is 1. The fourth-order valence-corrected chi connectivity index (χ4v) is 4.72. The van der Waals surface area contributed by atoms with Crippen LogP contribution < -0.4 is 10.2 Å². The van der Waals surface area contributed by atoms with E-state index in [4.69, 9.17) is 4.74 Å². The summed E-state index contributed by atoms with van der Waals surface area (Å²) in [4.78, 5) is 24.0. The number of amides is 1. The highest BCUT2D eigenvalue weighted by Crippen LogP contribution is 2.43. The number of aromatic nitrogens is 3. The van der Waals surface area contributed by atoms with Gasteiger partial charge in [-0.25, -0.2) is 9.97 Å². The maximum absolute atomic E-state index is 12.6. The molecular formula is C20H28BrN5O2. The maximum atomic E-state index is 12.6. The van der Waals surface area contributed by atoms with Crippen LogP contribution in [0.15, 0.2) is 23.1 Å². The minimum atomic E-state index is -0.404. The molecule has 8 heteroatoms. The molecule has 2 aliphatic heterocycles. The number of carbonyl (C=O) groups is 1. The second kappa shape index (κ2) is 6.99. The van der Waals surface area contributed by atoms with Crippen molar-refractivity contribution in [1.82, 2.24) is 19.7 Å². The number of fused-ring (bicyclic) bond motifs is 1. The van der Waals surface area contributed by atoms with Gasteiger partial charge in [0, 0.05) is 42.5 Å². The average Bonchev–Trinajstić information content (AvgIpc) is 3.24. The van der Waals surface area contributed by atoms with E-state index in [0.29, 0.717) is 6.61 Å². The molecule has 1 spiro atoms. The van der Waals surface area contributed by atoms with Gasteiger partial charge in [0.1, 0.15) is 0 Å². The Morgan fingerprint density at radius 1 is 1.32 bits per heavy atom. The molecule has 0 unspecified atom stereocenters. The van der Waals surface area contributed by atoms with Gasteiger partial charge in [-0.05, 0) is 35.7 Å². The highest BCUT2D eigenvalue weighted by Gasteiger charge is 2.50. The number of carbonyl (C=O) groups excluding carboxylic acids is 1. The summed E-state index contributed by atoms with van der Waals surface area (Å²) >= 11 is 3.52. The van der Waals surface area contributed by atoms with Crippen LogP contribution in [0.4, 0.5) is 5.95 Å². The first kappa shape index (κ1) is 19.6. The molecule has 0 bridgehead atoms. The second-order valence-electron chi connectivity index (χ2n) is 9.09. The van der Waals surface area contributed by atoms with Crippen molar-refractivity contribution in [2.24, 2.45) is 10.8 Å². The van der Waals surface area contributed by atoms with Gasteiger partial charge in [0.05, 0.1) is 23.2 Å². The van der Waals surface area contributed by atoms with Crippen LogP contribution in [-0.2, 0) is 9.53 Å². The van der Waals surface area contributed by atoms with Crippen LogP contribution in [0.1, 0.15) is 40.5 Å². The van der Waals surface area contributed by atoms with Gasteiger partial charge in [-0.15, -0.1) is 0 Å². The molecule has 2 fully saturated rings. The number of piperidine rings is 1. The molecule has 1 N–H and O–H groups in total. The maximum Gasteiger partial charge on any atom is 0.225 e. The van der Waals surface area contributed by atoms with Gasteiger partial charge in [0.2, 0.25) is 11.9 Å². The van der Waals surface area contributed by atoms with Crippen LogP contribution in [-0.4, -0.2) is 52.1 Å². The molecule has 4 heterocycles. The van der Waals surface area contributed by atoms with Crippen molar-refractivity contribution in [3.05, 3.63) is 23.1 Å². The molecule has 2 atom stereocenters. The van der Waals surface area contributed by atoms with Crippen molar-refractivity contribution in [2.45, 2.75) is 52.7 Å². The monoisotopic (exact) mass is 449 g/mol. The molecule has 7 nitrogen and oxygen atoms in total. The molecule has 2 saturated heterocycles. The number of nitrogens with zero attached hydrogens (tertiary/aromatic N) is 4. The van der Waals surface area contributed by atoms with Crippen LogP contribution in [0.3, 0.4) is 0 Å². The van der Waals surface area contributed by atoms with Crippen LogP contribution in [0.5, 0.6) is 0 Å². The molecule has 2 aromatic heterocycles. The Morgan fingerprint density at radius 3 is 2.71 bits per heavy atom.